The first-order chi connectivity index (χ1) is 9.78. The van der Waals surface area contributed by atoms with Gasteiger partial charge in [0, 0.05) is 29.0 Å². The molecular weight excluding hydrogens is 250 g/mol. The Kier molecular flexibility index (Phi) is 3.13. The van der Waals surface area contributed by atoms with Gasteiger partial charge in [-0.1, -0.05) is 6.07 Å². The van der Waals surface area contributed by atoms with Gasteiger partial charge >= 0.3 is 0 Å². The van der Waals surface area contributed by atoms with Gasteiger partial charge in [-0.05, 0) is 36.4 Å². The Morgan fingerprint density at radius 3 is 2.85 bits per heavy atom. The molecule has 0 radical (unpaired) electrons. The summed E-state index contributed by atoms with van der Waals surface area (Å²) in [6.07, 6.45) is 1.79. The fourth-order valence-electron chi connectivity index (χ4n) is 2.16. The largest absolute Gasteiger partial charge is 0.495 e. The van der Waals surface area contributed by atoms with Crippen LogP contribution in [0, 0.1) is 0 Å². The van der Waals surface area contributed by atoms with E-state index in [0.29, 0.717) is 11.4 Å². The smallest absolute Gasteiger partial charge is 0.143 e. The quantitative estimate of drug-likeness (QED) is 0.711. The van der Waals surface area contributed by atoms with Gasteiger partial charge in [-0.15, -0.1) is 0 Å². The molecule has 0 spiro atoms. The Morgan fingerprint density at radius 1 is 1.10 bits per heavy atom. The average Bonchev–Trinajstić information content (AvgIpc) is 2.49. The van der Waals surface area contributed by atoms with Gasteiger partial charge in [0.1, 0.15) is 5.75 Å². The molecule has 4 heteroatoms. The van der Waals surface area contributed by atoms with E-state index in [-0.39, 0.29) is 0 Å². The van der Waals surface area contributed by atoms with Crippen molar-refractivity contribution < 1.29 is 4.74 Å². The minimum Gasteiger partial charge on any atom is -0.495 e. The summed E-state index contributed by atoms with van der Waals surface area (Å²) in [4.78, 5) is 4.35. The van der Waals surface area contributed by atoms with Crippen LogP contribution in [-0.2, 0) is 0 Å². The van der Waals surface area contributed by atoms with Crippen LogP contribution in [0.25, 0.3) is 10.9 Å². The molecule has 0 saturated carbocycles. The van der Waals surface area contributed by atoms with E-state index in [0.717, 1.165) is 22.3 Å². The van der Waals surface area contributed by atoms with Gasteiger partial charge in [0.25, 0.3) is 0 Å². The number of nitrogens with zero attached hydrogens (tertiary/aromatic N) is 1. The summed E-state index contributed by atoms with van der Waals surface area (Å²) < 4.78 is 5.23. The SMILES string of the molecule is COc1cc(Nc2cccc3ncccc23)ccc1N. The van der Waals surface area contributed by atoms with Crippen LogP contribution in [0.4, 0.5) is 17.1 Å². The Hall–Kier alpha value is -2.75. The highest BCUT2D eigenvalue weighted by molar-refractivity contribution is 5.93. The van der Waals surface area contributed by atoms with Gasteiger partial charge in [0.2, 0.25) is 0 Å². The molecule has 100 valence electrons. The molecule has 0 saturated heterocycles. The molecule has 0 amide bonds. The number of anilines is 3. The number of methoxy groups -OCH3 is 1. The fourth-order valence-corrected chi connectivity index (χ4v) is 2.16. The highest BCUT2D eigenvalue weighted by Gasteiger charge is 2.04. The number of pyridine rings is 1. The molecule has 0 fully saturated rings. The lowest BCUT2D eigenvalue weighted by Crippen LogP contribution is -1.96. The molecule has 3 N–H and O–H groups in total. The summed E-state index contributed by atoms with van der Waals surface area (Å²) in [6.45, 7) is 0. The van der Waals surface area contributed by atoms with Crippen molar-refractivity contribution >= 4 is 28.0 Å². The molecule has 0 aliphatic heterocycles. The summed E-state index contributed by atoms with van der Waals surface area (Å²) in [6, 6.07) is 15.6. The van der Waals surface area contributed by atoms with Gasteiger partial charge in [0.15, 0.2) is 0 Å². The third-order valence-electron chi connectivity index (χ3n) is 3.16. The number of nitrogens with one attached hydrogen (secondary N) is 1. The van der Waals surface area contributed by atoms with Crippen LogP contribution in [0.3, 0.4) is 0 Å². The van der Waals surface area contributed by atoms with E-state index in [2.05, 4.69) is 10.3 Å². The lowest BCUT2D eigenvalue weighted by molar-refractivity contribution is 0.417. The molecule has 0 bridgehead atoms. The van der Waals surface area contributed by atoms with Gasteiger partial charge in [0.05, 0.1) is 18.3 Å². The molecule has 2 aromatic carbocycles. The number of nitrogens with two attached hydrogens (primary N) is 1. The lowest BCUT2D eigenvalue weighted by atomic mass is 10.1. The van der Waals surface area contributed by atoms with Gasteiger partial charge in [-0.2, -0.15) is 0 Å². The predicted octanol–water partition coefficient (Wildman–Crippen LogP) is 3.57. The van der Waals surface area contributed by atoms with E-state index in [9.17, 15) is 0 Å². The second-order valence-electron chi connectivity index (χ2n) is 4.46. The molecule has 0 unspecified atom stereocenters. The molecule has 0 aliphatic carbocycles. The molecule has 3 rings (SSSR count). The van der Waals surface area contributed by atoms with E-state index in [4.69, 9.17) is 10.5 Å². The van der Waals surface area contributed by atoms with Crippen molar-refractivity contribution in [3.8, 4) is 5.75 Å². The summed E-state index contributed by atoms with van der Waals surface area (Å²) in [5, 5.41) is 4.45. The van der Waals surface area contributed by atoms with E-state index < -0.39 is 0 Å². The van der Waals surface area contributed by atoms with Crippen LogP contribution in [0.15, 0.2) is 54.7 Å². The van der Waals surface area contributed by atoms with Crippen molar-refractivity contribution in [3.05, 3.63) is 54.7 Å². The number of hydrogen-bond acceptors (Lipinski definition) is 4. The van der Waals surface area contributed by atoms with Crippen LogP contribution < -0.4 is 15.8 Å². The number of ether oxygens (including phenoxy) is 1. The molecule has 1 aromatic heterocycles. The Morgan fingerprint density at radius 2 is 2.00 bits per heavy atom. The number of benzene rings is 2. The molecule has 0 atom stereocenters. The average molecular weight is 265 g/mol. The maximum absolute atomic E-state index is 5.82. The van der Waals surface area contributed by atoms with Crippen molar-refractivity contribution in [2.24, 2.45) is 0 Å². The van der Waals surface area contributed by atoms with Gasteiger partial charge < -0.3 is 15.8 Å². The molecule has 20 heavy (non-hydrogen) atoms. The van der Waals surface area contributed by atoms with E-state index in [1.165, 1.54) is 0 Å². The molecule has 4 nitrogen and oxygen atoms in total. The fraction of sp³-hybridized carbons (Fsp3) is 0.0625. The maximum atomic E-state index is 5.82. The Balaban J connectivity index is 2.01. The van der Waals surface area contributed by atoms with Crippen molar-refractivity contribution in [1.29, 1.82) is 0 Å². The summed E-state index contributed by atoms with van der Waals surface area (Å²) in [5.74, 6) is 0.661. The highest BCUT2D eigenvalue weighted by atomic mass is 16.5. The van der Waals surface area contributed by atoms with Crippen LogP contribution in [0.1, 0.15) is 0 Å². The summed E-state index contributed by atoms with van der Waals surface area (Å²) >= 11 is 0. The monoisotopic (exact) mass is 265 g/mol. The van der Waals surface area contributed by atoms with Gasteiger partial charge in [-0.25, -0.2) is 0 Å². The number of fused-ring (bicyclic) bond motifs is 1. The lowest BCUT2D eigenvalue weighted by Gasteiger charge is -2.11. The van der Waals surface area contributed by atoms with E-state index in [1.54, 1.807) is 13.3 Å². The zero-order valence-corrected chi connectivity index (χ0v) is 11.1. The number of aromatic nitrogens is 1. The standard InChI is InChI=1S/C16H15N3O/c1-20-16-10-11(7-8-13(16)17)19-15-6-2-5-14-12(15)4-3-9-18-14/h2-10,19H,17H2,1H3. The van der Waals surface area contributed by atoms with Crippen LogP contribution in [0.2, 0.25) is 0 Å². The minimum absolute atomic E-state index is 0.623. The maximum Gasteiger partial charge on any atom is 0.143 e. The Bertz CT molecular complexity index is 750. The van der Waals surface area contributed by atoms with Crippen LogP contribution in [0.5, 0.6) is 5.75 Å². The molecule has 0 aliphatic rings. The number of nitrogen functional groups attached to an aromatic ring is 1. The minimum atomic E-state index is 0.623. The first-order valence-corrected chi connectivity index (χ1v) is 6.32. The zero-order chi connectivity index (χ0) is 13.9. The summed E-state index contributed by atoms with van der Waals surface area (Å²) in [7, 11) is 1.61. The third kappa shape index (κ3) is 2.23. The first kappa shape index (κ1) is 12.3. The highest BCUT2D eigenvalue weighted by Crippen LogP contribution is 2.29. The van der Waals surface area contributed by atoms with Crippen LogP contribution >= 0.6 is 0 Å². The van der Waals surface area contributed by atoms with E-state index >= 15 is 0 Å². The predicted molar refractivity (Wildman–Crippen MR) is 82.4 cm³/mol. The first-order valence-electron chi connectivity index (χ1n) is 6.32. The molecule has 1 heterocycles. The number of rotatable bonds is 3. The zero-order valence-electron chi connectivity index (χ0n) is 11.1. The third-order valence-corrected chi connectivity index (χ3v) is 3.16. The second-order valence-corrected chi connectivity index (χ2v) is 4.46. The second kappa shape index (κ2) is 5.09. The topological polar surface area (TPSA) is 60.2 Å². The number of hydrogen-bond donors (Lipinski definition) is 2. The van der Waals surface area contributed by atoms with Crippen molar-refractivity contribution in [2.75, 3.05) is 18.2 Å². The van der Waals surface area contributed by atoms with Crippen molar-refractivity contribution in [3.63, 3.8) is 0 Å². The van der Waals surface area contributed by atoms with Crippen molar-refractivity contribution in [2.45, 2.75) is 0 Å². The molecular formula is C16H15N3O. The van der Waals surface area contributed by atoms with Crippen molar-refractivity contribution in [1.82, 2.24) is 4.98 Å². The Labute approximate surface area is 117 Å². The van der Waals surface area contributed by atoms with Gasteiger partial charge in [-0.3, -0.25) is 4.98 Å². The van der Waals surface area contributed by atoms with Crippen LogP contribution in [-0.4, -0.2) is 12.1 Å². The van der Waals surface area contributed by atoms with E-state index in [1.807, 2.05) is 48.5 Å². The molecule has 3 aromatic rings. The normalized spacial score (nSPS) is 10.4. The summed E-state index contributed by atoms with van der Waals surface area (Å²) in [5.41, 5.74) is 9.33.